The second kappa shape index (κ2) is 15.4. The van der Waals surface area contributed by atoms with Gasteiger partial charge in [0.15, 0.2) is 0 Å². The first-order valence-corrected chi connectivity index (χ1v) is 15.3. The Morgan fingerprint density at radius 2 is 1.82 bits per heavy atom. The topological polar surface area (TPSA) is 75.7 Å². The van der Waals surface area contributed by atoms with E-state index in [-0.39, 0.29) is 36.4 Å². The smallest absolute Gasteiger partial charge is 0.306 e. The third-order valence-electron chi connectivity index (χ3n) is 8.10. The van der Waals surface area contributed by atoms with Crippen LogP contribution in [-0.2, 0) is 25.7 Å². The second-order valence-electron chi connectivity index (χ2n) is 11.1. The van der Waals surface area contributed by atoms with Gasteiger partial charge < -0.3 is 15.0 Å². The van der Waals surface area contributed by atoms with Gasteiger partial charge in [0.25, 0.3) is 0 Å². The Kier molecular flexibility index (Phi) is 11.7. The first kappa shape index (κ1) is 30.4. The van der Waals surface area contributed by atoms with Gasteiger partial charge in [-0.2, -0.15) is 0 Å². The molecule has 0 bridgehead atoms. The lowest BCUT2D eigenvalue weighted by Crippen LogP contribution is -2.38. The van der Waals surface area contributed by atoms with E-state index in [4.69, 9.17) is 27.9 Å². The van der Waals surface area contributed by atoms with Crippen molar-refractivity contribution in [2.24, 2.45) is 11.8 Å². The highest BCUT2D eigenvalue weighted by Gasteiger charge is 2.38. The van der Waals surface area contributed by atoms with Crippen molar-refractivity contribution in [3.8, 4) is 0 Å². The molecule has 1 aromatic carbocycles. The molecule has 4 rings (SSSR count). The second-order valence-corrected chi connectivity index (χ2v) is 12.0. The summed E-state index contributed by atoms with van der Waals surface area (Å²) >= 11 is 12.0. The number of likely N-dealkylation sites (tertiary alicyclic amines) is 1. The Hall–Kier alpha value is -2.57. The SMILES string of the molecule is O=C(CCC1CCCC(N2CC(C(=O)NCCC3=C/C=C/CCC=C3)CC2=O)CC1)OCc1cc(Cl)cc(Cl)c1. The van der Waals surface area contributed by atoms with Crippen molar-refractivity contribution in [1.29, 1.82) is 0 Å². The number of carbonyl (C=O) groups excluding carboxylic acids is 3. The molecular formula is C32H40Cl2N2O4. The average molecular weight is 588 g/mol. The number of hydrogen-bond acceptors (Lipinski definition) is 4. The Morgan fingerprint density at radius 3 is 2.65 bits per heavy atom. The van der Waals surface area contributed by atoms with Crippen molar-refractivity contribution in [2.45, 2.75) is 83.3 Å². The predicted octanol–water partition coefficient (Wildman–Crippen LogP) is 6.95. The molecule has 1 saturated carbocycles. The molecule has 1 aromatic rings. The summed E-state index contributed by atoms with van der Waals surface area (Å²) < 4.78 is 5.43. The van der Waals surface area contributed by atoms with Gasteiger partial charge >= 0.3 is 5.97 Å². The normalized spacial score (nSPS) is 24.1. The molecule has 1 N–H and O–H groups in total. The van der Waals surface area contributed by atoms with E-state index in [0.29, 0.717) is 41.9 Å². The summed E-state index contributed by atoms with van der Waals surface area (Å²) in [5.41, 5.74) is 1.97. The molecule has 2 aliphatic carbocycles. The van der Waals surface area contributed by atoms with E-state index in [0.717, 1.165) is 63.4 Å². The standard InChI is InChI=1S/C32H40Cl2N2O4/c33-27-17-25(18-28(34)20-27)22-40-31(38)14-12-24-9-6-10-29(13-11-24)36-21-26(19-30(36)37)32(39)35-16-15-23-7-4-2-1-3-5-8-23/h2,4-5,7-8,17-18,20,24,26,29H,1,3,6,9-16,19,21-22H2,(H,35,39)/b4-2+,8-5?,23-7?. The number of carbonyl (C=O) groups is 3. The quantitative estimate of drug-likeness (QED) is 0.237. The van der Waals surface area contributed by atoms with E-state index in [9.17, 15) is 14.4 Å². The van der Waals surface area contributed by atoms with Gasteiger partial charge in [-0.25, -0.2) is 0 Å². The van der Waals surface area contributed by atoms with E-state index in [1.54, 1.807) is 18.2 Å². The molecule has 216 valence electrons. The van der Waals surface area contributed by atoms with Crippen LogP contribution in [0.25, 0.3) is 0 Å². The molecule has 3 atom stereocenters. The zero-order chi connectivity index (χ0) is 28.3. The number of nitrogens with zero attached hydrogens (tertiary/aromatic N) is 1. The fourth-order valence-electron chi connectivity index (χ4n) is 5.88. The number of halogens is 2. The van der Waals surface area contributed by atoms with Crippen molar-refractivity contribution >= 4 is 41.0 Å². The minimum atomic E-state index is -0.280. The van der Waals surface area contributed by atoms with Crippen LogP contribution in [0.2, 0.25) is 10.0 Å². The largest absolute Gasteiger partial charge is 0.461 e. The average Bonchev–Trinajstić information content (AvgIpc) is 3.13. The van der Waals surface area contributed by atoms with Crippen LogP contribution in [0.5, 0.6) is 0 Å². The molecule has 8 heteroatoms. The van der Waals surface area contributed by atoms with Gasteiger partial charge in [-0.05, 0) is 80.2 Å². The molecule has 3 aliphatic rings. The highest BCUT2D eigenvalue weighted by molar-refractivity contribution is 6.34. The molecule has 6 nitrogen and oxygen atoms in total. The van der Waals surface area contributed by atoms with E-state index in [2.05, 4.69) is 35.7 Å². The number of allylic oxidation sites excluding steroid dienone is 5. The van der Waals surface area contributed by atoms with Crippen LogP contribution in [0, 0.1) is 11.8 Å². The minimum absolute atomic E-state index is 0.0214. The number of esters is 1. The lowest BCUT2D eigenvalue weighted by molar-refractivity contribution is -0.145. The Labute approximate surface area is 247 Å². The van der Waals surface area contributed by atoms with Crippen molar-refractivity contribution in [3.05, 3.63) is 69.8 Å². The highest BCUT2D eigenvalue weighted by Crippen LogP contribution is 2.32. The summed E-state index contributed by atoms with van der Waals surface area (Å²) in [4.78, 5) is 40.0. The monoisotopic (exact) mass is 586 g/mol. The van der Waals surface area contributed by atoms with Gasteiger partial charge in [-0.3, -0.25) is 14.4 Å². The Bertz CT molecular complexity index is 1130. The number of hydrogen-bond donors (Lipinski definition) is 1. The summed E-state index contributed by atoms with van der Waals surface area (Å²) in [7, 11) is 0. The maximum absolute atomic E-state index is 12.9. The molecule has 1 aliphatic heterocycles. The zero-order valence-corrected chi connectivity index (χ0v) is 24.6. The van der Waals surface area contributed by atoms with Gasteiger partial charge in [0.05, 0.1) is 5.92 Å². The molecule has 2 fully saturated rings. The fraction of sp³-hybridized carbons (Fsp3) is 0.531. The molecule has 0 aromatic heterocycles. The number of amides is 2. The third-order valence-corrected chi connectivity index (χ3v) is 8.53. The predicted molar refractivity (Wildman–Crippen MR) is 159 cm³/mol. The van der Waals surface area contributed by atoms with Crippen LogP contribution >= 0.6 is 23.2 Å². The van der Waals surface area contributed by atoms with E-state index in [1.165, 1.54) is 5.57 Å². The first-order chi connectivity index (χ1) is 19.4. The molecule has 2 amide bonds. The molecule has 0 radical (unpaired) electrons. The lowest BCUT2D eigenvalue weighted by Gasteiger charge is -2.27. The van der Waals surface area contributed by atoms with Crippen LogP contribution < -0.4 is 5.32 Å². The Balaban J connectivity index is 1.16. The van der Waals surface area contributed by atoms with Gasteiger partial charge in [-0.1, -0.05) is 66.4 Å². The summed E-state index contributed by atoms with van der Waals surface area (Å²) in [6.07, 6.45) is 19.9. The van der Waals surface area contributed by atoms with Gasteiger partial charge in [0.1, 0.15) is 6.61 Å². The fourth-order valence-corrected chi connectivity index (χ4v) is 6.45. The van der Waals surface area contributed by atoms with Crippen LogP contribution in [0.15, 0.2) is 54.2 Å². The molecular weight excluding hydrogens is 547 g/mol. The van der Waals surface area contributed by atoms with Crippen LogP contribution in [-0.4, -0.2) is 41.8 Å². The minimum Gasteiger partial charge on any atom is -0.461 e. The maximum Gasteiger partial charge on any atom is 0.306 e. The van der Waals surface area contributed by atoms with E-state index in [1.807, 2.05) is 4.90 Å². The third kappa shape index (κ3) is 9.52. The van der Waals surface area contributed by atoms with Gasteiger partial charge in [-0.15, -0.1) is 0 Å². The number of rotatable bonds is 10. The molecule has 3 unspecified atom stereocenters. The van der Waals surface area contributed by atoms with Crippen molar-refractivity contribution < 1.29 is 19.1 Å². The number of nitrogens with one attached hydrogen (secondary N) is 1. The van der Waals surface area contributed by atoms with Crippen LogP contribution in [0.3, 0.4) is 0 Å². The van der Waals surface area contributed by atoms with E-state index >= 15 is 0 Å². The number of ether oxygens (including phenoxy) is 1. The van der Waals surface area contributed by atoms with Gasteiger partial charge in [0, 0.05) is 42.0 Å². The summed E-state index contributed by atoms with van der Waals surface area (Å²) in [5, 5.41) is 4.09. The maximum atomic E-state index is 12.9. The van der Waals surface area contributed by atoms with Crippen molar-refractivity contribution in [3.63, 3.8) is 0 Å². The summed E-state index contributed by atoms with van der Waals surface area (Å²) in [5.74, 6) is -0.00588. The number of benzene rings is 1. The molecule has 0 spiro atoms. The first-order valence-electron chi connectivity index (χ1n) is 14.6. The summed E-state index contributed by atoms with van der Waals surface area (Å²) in [6.45, 7) is 1.24. The van der Waals surface area contributed by atoms with Crippen molar-refractivity contribution in [1.82, 2.24) is 10.2 Å². The van der Waals surface area contributed by atoms with Crippen LogP contribution in [0.4, 0.5) is 0 Å². The Morgan fingerprint density at radius 1 is 1.02 bits per heavy atom. The van der Waals surface area contributed by atoms with Crippen molar-refractivity contribution in [2.75, 3.05) is 13.1 Å². The molecule has 1 heterocycles. The van der Waals surface area contributed by atoms with Gasteiger partial charge in [0.2, 0.25) is 11.8 Å². The lowest BCUT2D eigenvalue weighted by atomic mass is 9.95. The van der Waals surface area contributed by atoms with Crippen LogP contribution in [0.1, 0.15) is 76.2 Å². The summed E-state index contributed by atoms with van der Waals surface area (Å²) in [6, 6.07) is 5.30. The highest BCUT2D eigenvalue weighted by atomic mass is 35.5. The molecule has 40 heavy (non-hydrogen) atoms. The van der Waals surface area contributed by atoms with E-state index < -0.39 is 0 Å². The molecule has 1 saturated heterocycles. The zero-order valence-electron chi connectivity index (χ0n) is 23.1.